The standard InChI is InChI=1S/C16H20ClF3N6OS/c1-24-4-10(17)12-13(24)22-8-23-14(12)25-6-15(7-25)2-9(3-15)26(28-21)5-11(27)16(18,19)20/h4,8-9,11,27H,2-3,5-7,21H2,1H3. The number of nitrogens with zero attached hydrogens (tertiary/aromatic N) is 5. The molecule has 1 aliphatic heterocycles. The summed E-state index contributed by atoms with van der Waals surface area (Å²) in [5.74, 6) is 0.780. The van der Waals surface area contributed by atoms with Crippen molar-refractivity contribution in [3.8, 4) is 0 Å². The SMILES string of the molecule is Cn1cc(Cl)c2c(N3CC4(CC(N(CC(O)C(F)(F)F)SN)C4)C3)ncnc21. The average Bonchev–Trinajstić information content (AvgIpc) is 2.85. The first-order valence-electron chi connectivity index (χ1n) is 8.72. The summed E-state index contributed by atoms with van der Waals surface area (Å²) in [5.41, 5.74) is 0.801. The molecule has 1 saturated heterocycles. The van der Waals surface area contributed by atoms with Crippen molar-refractivity contribution in [2.45, 2.75) is 31.2 Å². The summed E-state index contributed by atoms with van der Waals surface area (Å²) < 4.78 is 41.1. The van der Waals surface area contributed by atoms with E-state index in [1.54, 1.807) is 6.20 Å². The van der Waals surface area contributed by atoms with Crippen LogP contribution in [0.15, 0.2) is 12.5 Å². The normalized spacial score (nSPS) is 20.6. The number of aromatic nitrogens is 3. The Morgan fingerprint density at radius 3 is 2.71 bits per heavy atom. The Kier molecular flexibility index (Phi) is 4.94. The molecule has 12 heteroatoms. The Bertz CT molecular complexity index is 879. The average molecular weight is 437 g/mol. The van der Waals surface area contributed by atoms with Crippen molar-refractivity contribution in [1.82, 2.24) is 18.8 Å². The molecular weight excluding hydrogens is 417 g/mol. The Morgan fingerprint density at radius 2 is 2.11 bits per heavy atom. The number of hydrogen-bond acceptors (Lipinski definition) is 7. The van der Waals surface area contributed by atoms with E-state index in [1.807, 2.05) is 11.6 Å². The number of aliphatic hydroxyl groups excluding tert-OH is 1. The van der Waals surface area contributed by atoms with E-state index in [9.17, 15) is 18.3 Å². The summed E-state index contributed by atoms with van der Waals surface area (Å²) in [6, 6.07) is -0.0834. The lowest BCUT2D eigenvalue weighted by atomic mass is 9.60. The molecule has 3 heterocycles. The third-order valence-corrected chi connectivity index (χ3v) is 6.65. The molecule has 1 saturated carbocycles. The van der Waals surface area contributed by atoms with Gasteiger partial charge in [0, 0.05) is 56.5 Å². The lowest BCUT2D eigenvalue weighted by Crippen LogP contribution is -2.66. The Hall–Kier alpha value is -1.27. The van der Waals surface area contributed by atoms with Crippen molar-refractivity contribution in [3.63, 3.8) is 0 Å². The van der Waals surface area contributed by atoms with Gasteiger partial charge >= 0.3 is 6.18 Å². The quantitative estimate of drug-likeness (QED) is 0.696. The fourth-order valence-electron chi connectivity index (χ4n) is 4.25. The van der Waals surface area contributed by atoms with Gasteiger partial charge in [-0.1, -0.05) is 11.6 Å². The molecule has 0 radical (unpaired) electrons. The Labute approximate surface area is 168 Å². The predicted molar refractivity (Wildman–Crippen MR) is 102 cm³/mol. The minimum atomic E-state index is -4.64. The molecule has 4 rings (SSSR count). The van der Waals surface area contributed by atoms with Gasteiger partial charge in [0.15, 0.2) is 6.10 Å². The van der Waals surface area contributed by atoms with Gasteiger partial charge in [0.25, 0.3) is 0 Å². The molecule has 3 N–H and O–H groups in total. The number of nitrogens with two attached hydrogens (primary N) is 1. The van der Waals surface area contributed by atoms with Crippen LogP contribution in [0.2, 0.25) is 5.02 Å². The second kappa shape index (κ2) is 6.91. The molecular formula is C16H20ClF3N6OS. The van der Waals surface area contributed by atoms with Gasteiger partial charge in [-0.05, 0) is 12.8 Å². The number of alkyl halides is 3. The topological polar surface area (TPSA) is 83.4 Å². The third kappa shape index (κ3) is 3.32. The molecule has 2 aromatic heterocycles. The monoisotopic (exact) mass is 436 g/mol. The zero-order valence-corrected chi connectivity index (χ0v) is 16.6. The second-order valence-electron chi connectivity index (χ2n) is 7.66. The van der Waals surface area contributed by atoms with E-state index in [1.165, 1.54) is 10.6 Å². The highest BCUT2D eigenvalue weighted by molar-refractivity contribution is 7.94. The maximum absolute atomic E-state index is 12.6. The van der Waals surface area contributed by atoms with Crippen molar-refractivity contribution in [2.75, 3.05) is 24.5 Å². The van der Waals surface area contributed by atoms with Gasteiger partial charge in [-0.3, -0.25) is 5.14 Å². The van der Waals surface area contributed by atoms with Crippen LogP contribution < -0.4 is 10.0 Å². The van der Waals surface area contributed by atoms with Crippen LogP contribution in [0, 0.1) is 5.41 Å². The molecule has 1 atom stereocenters. The summed E-state index contributed by atoms with van der Waals surface area (Å²) in [4.78, 5) is 10.8. The number of hydrogen-bond donors (Lipinski definition) is 2. The molecule has 1 aliphatic carbocycles. The number of aryl methyl sites for hydroxylation is 1. The minimum Gasteiger partial charge on any atom is -0.382 e. The van der Waals surface area contributed by atoms with E-state index in [0.29, 0.717) is 5.02 Å². The predicted octanol–water partition coefficient (Wildman–Crippen LogP) is 2.34. The molecule has 0 aromatic carbocycles. The van der Waals surface area contributed by atoms with Crippen molar-refractivity contribution in [1.29, 1.82) is 0 Å². The number of halogens is 4. The Balaban J connectivity index is 1.39. The van der Waals surface area contributed by atoms with Gasteiger partial charge in [-0.2, -0.15) is 13.2 Å². The summed E-state index contributed by atoms with van der Waals surface area (Å²) in [6.07, 6.45) is -2.28. The highest BCUT2D eigenvalue weighted by Crippen LogP contribution is 2.52. The van der Waals surface area contributed by atoms with Crippen LogP contribution in [-0.4, -0.2) is 61.9 Å². The number of fused-ring (bicyclic) bond motifs is 1. The second-order valence-corrected chi connectivity index (χ2v) is 8.75. The van der Waals surface area contributed by atoms with Gasteiger partial charge in [0.1, 0.15) is 17.8 Å². The van der Waals surface area contributed by atoms with Gasteiger partial charge in [0.2, 0.25) is 0 Å². The van der Waals surface area contributed by atoms with Crippen LogP contribution in [-0.2, 0) is 7.05 Å². The molecule has 0 bridgehead atoms. The summed E-state index contributed by atoms with van der Waals surface area (Å²) in [7, 11) is 1.87. The van der Waals surface area contributed by atoms with Crippen LogP contribution in [0.4, 0.5) is 19.0 Å². The van der Waals surface area contributed by atoms with Crippen LogP contribution in [0.5, 0.6) is 0 Å². The van der Waals surface area contributed by atoms with E-state index in [0.717, 1.165) is 54.9 Å². The lowest BCUT2D eigenvalue weighted by molar-refractivity contribution is -0.207. The molecule has 2 aliphatic rings. The molecule has 28 heavy (non-hydrogen) atoms. The molecule has 2 aromatic rings. The highest BCUT2D eigenvalue weighted by atomic mass is 35.5. The minimum absolute atomic E-state index is 0.0420. The van der Waals surface area contributed by atoms with E-state index < -0.39 is 18.8 Å². The number of anilines is 1. The third-order valence-electron chi connectivity index (χ3n) is 5.65. The molecule has 7 nitrogen and oxygen atoms in total. The first kappa shape index (κ1) is 20.0. The van der Waals surface area contributed by atoms with E-state index in [-0.39, 0.29) is 11.5 Å². The molecule has 1 unspecified atom stereocenters. The van der Waals surface area contributed by atoms with Crippen molar-refractivity contribution in [3.05, 3.63) is 17.5 Å². The maximum atomic E-state index is 12.6. The van der Waals surface area contributed by atoms with Gasteiger partial charge in [-0.15, -0.1) is 0 Å². The maximum Gasteiger partial charge on any atom is 0.415 e. The van der Waals surface area contributed by atoms with Crippen molar-refractivity contribution >= 4 is 40.6 Å². The molecule has 2 fully saturated rings. The summed E-state index contributed by atoms with van der Waals surface area (Å²) in [5, 5.41) is 16.2. The first-order valence-corrected chi connectivity index (χ1v) is 9.94. The fourth-order valence-corrected chi connectivity index (χ4v) is 5.11. The van der Waals surface area contributed by atoms with Gasteiger partial charge < -0.3 is 14.6 Å². The van der Waals surface area contributed by atoms with Gasteiger partial charge in [0.05, 0.1) is 10.4 Å². The summed E-state index contributed by atoms with van der Waals surface area (Å²) >= 11 is 7.09. The van der Waals surface area contributed by atoms with Crippen LogP contribution in [0.1, 0.15) is 12.8 Å². The van der Waals surface area contributed by atoms with Gasteiger partial charge in [-0.25, -0.2) is 14.3 Å². The van der Waals surface area contributed by atoms with Crippen LogP contribution in [0.3, 0.4) is 0 Å². The van der Waals surface area contributed by atoms with Crippen molar-refractivity contribution in [2.24, 2.45) is 17.6 Å². The van der Waals surface area contributed by atoms with E-state index in [2.05, 4.69) is 14.9 Å². The van der Waals surface area contributed by atoms with E-state index in [4.69, 9.17) is 16.7 Å². The zero-order valence-electron chi connectivity index (χ0n) is 15.0. The van der Waals surface area contributed by atoms with Crippen LogP contribution in [0.25, 0.3) is 11.0 Å². The smallest absolute Gasteiger partial charge is 0.382 e. The van der Waals surface area contributed by atoms with Crippen LogP contribution >= 0.6 is 23.7 Å². The number of aliphatic hydroxyl groups is 1. The lowest BCUT2D eigenvalue weighted by Gasteiger charge is -2.61. The number of rotatable bonds is 5. The zero-order chi connectivity index (χ0) is 20.3. The molecule has 154 valence electrons. The highest BCUT2D eigenvalue weighted by Gasteiger charge is 2.55. The molecule has 0 amide bonds. The van der Waals surface area contributed by atoms with Crippen molar-refractivity contribution < 1.29 is 18.3 Å². The first-order chi connectivity index (χ1) is 13.1. The van der Waals surface area contributed by atoms with E-state index >= 15 is 0 Å². The fraction of sp³-hybridized carbons (Fsp3) is 0.625. The Morgan fingerprint density at radius 1 is 1.43 bits per heavy atom. The largest absolute Gasteiger partial charge is 0.415 e. The molecule has 1 spiro atoms. The summed E-state index contributed by atoms with van der Waals surface area (Å²) in [6.45, 7) is 0.985.